The normalized spacial score (nSPS) is 12.0. The number of aliphatic imine (C=N–C) groups is 1. The summed E-state index contributed by atoms with van der Waals surface area (Å²) in [4.78, 5) is 18.1. The summed E-state index contributed by atoms with van der Waals surface area (Å²) < 4.78 is 12.0. The van der Waals surface area contributed by atoms with Crippen LogP contribution in [-0.2, 0) is 11.3 Å². The molecule has 1 aliphatic heterocycles. The van der Waals surface area contributed by atoms with Gasteiger partial charge in [0.1, 0.15) is 11.5 Å². The molecule has 1 aliphatic rings. The van der Waals surface area contributed by atoms with Gasteiger partial charge >= 0.3 is 0 Å². The smallest absolute Gasteiger partial charge is 0.262 e. The van der Waals surface area contributed by atoms with Crippen molar-refractivity contribution in [1.82, 2.24) is 0 Å². The maximum Gasteiger partial charge on any atom is 0.262 e. The molecule has 154 valence electrons. The van der Waals surface area contributed by atoms with E-state index in [0.29, 0.717) is 18.0 Å². The highest BCUT2D eigenvalue weighted by molar-refractivity contribution is 7.22. The fraction of sp³-hybridized carbons (Fsp3) is 0.120. The molecule has 4 aromatic rings. The number of methoxy groups -OCH3 is 1. The molecule has 5 rings (SSSR count). The number of amides is 1. The first-order valence-corrected chi connectivity index (χ1v) is 10.7. The highest BCUT2D eigenvalue weighted by Crippen LogP contribution is 2.39. The second-order valence-electron chi connectivity index (χ2n) is 7.23. The van der Waals surface area contributed by atoms with Crippen molar-refractivity contribution >= 4 is 39.2 Å². The molecule has 3 aromatic carbocycles. The van der Waals surface area contributed by atoms with Gasteiger partial charge in [0.15, 0.2) is 6.61 Å². The SMILES string of the molecule is COc1cccc(OCC(=O)Nc2cc3c(c(-c4cc5ccccc5s4)c2)CN=C3)c1. The Kier molecular flexibility index (Phi) is 5.14. The van der Waals surface area contributed by atoms with Gasteiger partial charge in [0, 0.05) is 33.1 Å². The zero-order chi connectivity index (χ0) is 21.2. The fourth-order valence-corrected chi connectivity index (χ4v) is 4.77. The van der Waals surface area contributed by atoms with E-state index in [1.54, 1.807) is 30.6 Å². The van der Waals surface area contributed by atoms with Gasteiger partial charge < -0.3 is 14.8 Å². The van der Waals surface area contributed by atoms with Crippen molar-refractivity contribution in [3.63, 3.8) is 0 Å². The molecule has 0 atom stereocenters. The number of carbonyl (C=O) groups is 1. The summed E-state index contributed by atoms with van der Waals surface area (Å²) in [7, 11) is 1.59. The molecule has 0 aliphatic carbocycles. The number of nitrogens with zero attached hydrogens (tertiary/aromatic N) is 1. The van der Waals surface area contributed by atoms with Gasteiger partial charge in [-0.3, -0.25) is 9.79 Å². The average molecular weight is 429 g/mol. The number of hydrogen-bond donors (Lipinski definition) is 1. The van der Waals surface area contributed by atoms with Crippen molar-refractivity contribution < 1.29 is 14.3 Å². The van der Waals surface area contributed by atoms with Crippen LogP contribution in [0.1, 0.15) is 11.1 Å². The van der Waals surface area contributed by atoms with Gasteiger partial charge in [-0.25, -0.2) is 0 Å². The first-order chi connectivity index (χ1) is 15.2. The van der Waals surface area contributed by atoms with Gasteiger partial charge in [0.2, 0.25) is 0 Å². The van der Waals surface area contributed by atoms with Gasteiger partial charge in [-0.2, -0.15) is 0 Å². The fourth-order valence-electron chi connectivity index (χ4n) is 3.66. The molecule has 0 bridgehead atoms. The molecule has 31 heavy (non-hydrogen) atoms. The molecule has 1 N–H and O–H groups in total. The third-order valence-electron chi connectivity index (χ3n) is 5.15. The van der Waals surface area contributed by atoms with Gasteiger partial charge in [-0.15, -0.1) is 11.3 Å². The van der Waals surface area contributed by atoms with Crippen molar-refractivity contribution in [2.24, 2.45) is 4.99 Å². The summed E-state index contributed by atoms with van der Waals surface area (Å²) in [5, 5.41) is 4.18. The summed E-state index contributed by atoms with van der Waals surface area (Å²) in [6.45, 7) is 0.572. The maximum absolute atomic E-state index is 12.5. The van der Waals surface area contributed by atoms with Crippen LogP contribution in [0.15, 0.2) is 71.7 Å². The van der Waals surface area contributed by atoms with E-state index in [2.05, 4.69) is 34.6 Å². The summed E-state index contributed by atoms with van der Waals surface area (Å²) in [5.41, 5.74) is 4.08. The first kappa shape index (κ1) is 19.3. The van der Waals surface area contributed by atoms with Crippen LogP contribution in [0.5, 0.6) is 11.5 Å². The average Bonchev–Trinajstić information content (AvgIpc) is 3.44. The van der Waals surface area contributed by atoms with E-state index in [9.17, 15) is 4.79 Å². The zero-order valence-electron chi connectivity index (χ0n) is 16.9. The summed E-state index contributed by atoms with van der Waals surface area (Å²) in [6.07, 6.45) is 1.87. The van der Waals surface area contributed by atoms with Crippen LogP contribution in [0.3, 0.4) is 0 Å². The number of nitrogens with one attached hydrogen (secondary N) is 1. The minimum atomic E-state index is -0.222. The number of anilines is 1. The number of hydrogen-bond acceptors (Lipinski definition) is 5. The first-order valence-electron chi connectivity index (χ1n) is 9.92. The Morgan fingerprint density at radius 1 is 1.06 bits per heavy atom. The number of ether oxygens (including phenoxy) is 2. The third-order valence-corrected chi connectivity index (χ3v) is 6.30. The number of fused-ring (bicyclic) bond motifs is 2. The lowest BCUT2D eigenvalue weighted by molar-refractivity contribution is -0.118. The summed E-state index contributed by atoms with van der Waals surface area (Å²) in [6, 6.07) is 21.7. The van der Waals surface area contributed by atoms with Crippen LogP contribution in [0, 0.1) is 0 Å². The van der Waals surface area contributed by atoms with Crippen molar-refractivity contribution in [3.05, 3.63) is 77.9 Å². The second kappa shape index (κ2) is 8.24. The molecule has 5 nitrogen and oxygen atoms in total. The molecule has 0 fully saturated rings. The number of thiophene rings is 1. The van der Waals surface area contributed by atoms with Crippen LogP contribution >= 0.6 is 11.3 Å². The highest BCUT2D eigenvalue weighted by atomic mass is 32.1. The van der Waals surface area contributed by atoms with E-state index in [1.165, 1.54) is 20.5 Å². The lowest BCUT2D eigenvalue weighted by Crippen LogP contribution is -2.20. The highest BCUT2D eigenvalue weighted by Gasteiger charge is 2.17. The standard InChI is InChI=1S/C25H20N2O3S/c1-29-19-6-4-7-20(12-19)30-15-25(28)27-18-9-17-13-26-14-22(17)21(11-18)24-10-16-5-2-3-8-23(16)31-24/h2-13H,14-15H2,1H3,(H,27,28). The molecule has 0 spiro atoms. The van der Waals surface area contributed by atoms with Gasteiger partial charge in [0.25, 0.3) is 5.91 Å². The van der Waals surface area contributed by atoms with Crippen LogP contribution in [0.25, 0.3) is 20.5 Å². The second-order valence-corrected chi connectivity index (χ2v) is 8.31. The van der Waals surface area contributed by atoms with E-state index in [4.69, 9.17) is 9.47 Å². The Morgan fingerprint density at radius 2 is 1.94 bits per heavy atom. The van der Waals surface area contributed by atoms with Crippen molar-refractivity contribution in [2.75, 3.05) is 19.0 Å². The quantitative estimate of drug-likeness (QED) is 0.439. The van der Waals surface area contributed by atoms with Gasteiger partial charge in [0.05, 0.1) is 13.7 Å². The summed E-state index contributed by atoms with van der Waals surface area (Å²) in [5.74, 6) is 1.05. The largest absolute Gasteiger partial charge is 0.497 e. The van der Waals surface area contributed by atoms with Crippen molar-refractivity contribution in [2.45, 2.75) is 6.54 Å². The minimum Gasteiger partial charge on any atom is -0.497 e. The monoisotopic (exact) mass is 428 g/mol. The molecule has 0 unspecified atom stereocenters. The molecule has 6 heteroatoms. The molecule has 0 saturated carbocycles. The molecule has 0 radical (unpaired) electrons. The van der Waals surface area contributed by atoms with Gasteiger partial charge in [-0.05, 0) is 52.9 Å². The van der Waals surface area contributed by atoms with Gasteiger partial charge in [-0.1, -0.05) is 24.3 Å². The number of benzene rings is 3. The molecule has 1 amide bonds. The zero-order valence-corrected chi connectivity index (χ0v) is 17.7. The van der Waals surface area contributed by atoms with Crippen molar-refractivity contribution in [1.29, 1.82) is 0 Å². The Morgan fingerprint density at radius 3 is 2.81 bits per heavy atom. The Hall–Kier alpha value is -3.64. The Bertz CT molecular complexity index is 1280. The number of carbonyl (C=O) groups excluding carboxylic acids is 1. The van der Waals surface area contributed by atoms with Crippen molar-refractivity contribution in [3.8, 4) is 21.9 Å². The third kappa shape index (κ3) is 4.02. The van der Waals surface area contributed by atoms with E-state index >= 15 is 0 Å². The Labute approximate surface area is 184 Å². The molecule has 2 heterocycles. The summed E-state index contributed by atoms with van der Waals surface area (Å²) >= 11 is 1.75. The van der Waals surface area contributed by atoms with Crippen LogP contribution in [-0.4, -0.2) is 25.8 Å². The van der Waals surface area contributed by atoms with Crippen LogP contribution < -0.4 is 14.8 Å². The maximum atomic E-state index is 12.5. The molecule has 1 aromatic heterocycles. The van der Waals surface area contributed by atoms with E-state index in [0.717, 1.165) is 16.8 Å². The Balaban J connectivity index is 1.37. The lowest BCUT2D eigenvalue weighted by Gasteiger charge is -2.12. The number of rotatable bonds is 6. The molecule has 0 saturated heterocycles. The minimum absolute atomic E-state index is 0.0867. The van der Waals surface area contributed by atoms with E-state index in [-0.39, 0.29) is 12.5 Å². The topological polar surface area (TPSA) is 59.9 Å². The van der Waals surface area contributed by atoms with Crippen LogP contribution in [0.2, 0.25) is 0 Å². The lowest BCUT2D eigenvalue weighted by atomic mass is 10.0. The predicted octanol–water partition coefficient (Wildman–Crippen LogP) is 5.53. The van der Waals surface area contributed by atoms with E-state index < -0.39 is 0 Å². The van der Waals surface area contributed by atoms with E-state index in [1.807, 2.05) is 36.5 Å². The molecular formula is C25H20N2O3S. The predicted molar refractivity (Wildman–Crippen MR) is 126 cm³/mol. The molecular weight excluding hydrogens is 408 g/mol. The van der Waals surface area contributed by atoms with Crippen LogP contribution in [0.4, 0.5) is 5.69 Å².